The molecule has 2 aliphatic rings. The Bertz CT molecular complexity index is 626. The monoisotopic (exact) mass is 337 g/mol. The largest absolute Gasteiger partial charge is 0.480 e. The Morgan fingerprint density at radius 3 is 2.88 bits per heavy atom. The van der Waals surface area contributed by atoms with Gasteiger partial charge in [-0.15, -0.1) is 0 Å². The number of nitrogens with zero attached hydrogens (tertiary/aromatic N) is 1. The molecular formula is C17H23NO6. The number of likely N-dealkylation sites (tertiary alicyclic amines) is 1. The standard InChI is InChI=1S/C17H23NO6/c1-11-13(4-8-23-11)16(21)18-7-6-17(22-2)5-3-12(9-14(17)18)24-10-15(19)20/h4,8,12,14H,3,5-7,9-10H2,1-2H3,(H,19,20)/t12-,14+,17-/m1/s1. The van der Waals surface area contributed by atoms with Crippen LogP contribution in [0.25, 0.3) is 0 Å². The first-order valence-electron chi connectivity index (χ1n) is 8.20. The van der Waals surface area contributed by atoms with Gasteiger partial charge in [0.25, 0.3) is 5.91 Å². The molecule has 0 radical (unpaired) electrons. The van der Waals surface area contributed by atoms with Crippen LogP contribution in [0.2, 0.25) is 0 Å². The third-order valence-corrected chi connectivity index (χ3v) is 5.33. The number of amides is 1. The first-order chi connectivity index (χ1) is 11.5. The number of carboxylic acid groups (broad SMARTS) is 1. The average Bonchev–Trinajstić information content (AvgIpc) is 3.16. The molecule has 0 bridgehead atoms. The number of fused-ring (bicyclic) bond motifs is 1. The molecule has 1 saturated carbocycles. The van der Waals surface area contributed by atoms with E-state index in [1.807, 2.05) is 4.90 Å². The summed E-state index contributed by atoms with van der Waals surface area (Å²) >= 11 is 0. The lowest BCUT2D eigenvalue weighted by Crippen LogP contribution is -2.53. The van der Waals surface area contributed by atoms with Crippen molar-refractivity contribution in [2.75, 3.05) is 20.3 Å². The Balaban J connectivity index is 1.78. The number of ether oxygens (including phenoxy) is 2. The van der Waals surface area contributed by atoms with E-state index in [1.54, 1.807) is 20.1 Å². The molecule has 0 unspecified atom stereocenters. The molecule has 1 aromatic rings. The predicted octanol–water partition coefficient (Wildman–Crippen LogP) is 1.84. The van der Waals surface area contributed by atoms with Gasteiger partial charge in [0.1, 0.15) is 12.4 Å². The molecule has 1 saturated heterocycles. The topological polar surface area (TPSA) is 89.2 Å². The van der Waals surface area contributed by atoms with E-state index < -0.39 is 5.97 Å². The molecule has 1 amide bonds. The Labute approximate surface area is 140 Å². The zero-order valence-electron chi connectivity index (χ0n) is 14.0. The van der Waals surface area contributed by atoms with Crippen molar-refractivity contribution in [1.82, 2.24) is 4.90 Å². The zero-order valence-corrected chi connectivity index (χ0v) is 14.0. The average molecular weight is 337 g/mol. The number of aliphatic carboxylic acids is 1. The van der Waals surface area contributed by atoms with Crippen molar-refractivity contribution in [3.05, 3.63) is 23.7 Å². The molecule has 2 heterocycles. The predicted molar refractivity (Wildman–Crippen MR) is 83.9 cm³/mol. The van der Waals surface area contributed by atoms with Crippen LogP contribution in [0.5, 0.6) is 0 Å². The molecule has 1 aliphatic carbocycles. The molecule has 2 fully saturated rings. The summed E-state index contributed by atoms with van der Waals surface area (Å²) in [6, 6.07) is 1.57. The minimum absolute atomic E-state index is 0.0657. The van der Waals surface area contributed by atoms with Gasteiger partial charge in [0, 0.05) is 13.7 Å². The van der Waals surface area contributed by atoms with Gasteiger partial charge in [-0.25, -0.2) is 4.79 Å². The second kappa shape index (κ2) is 6.57. The fourth-order valence-corrected chi connectivity index (χ4v) is 4.01. The molecule has 24 heavy (non-hydrogen) atoms. The number of hydrogen-bond donors (Lipinski definition) is 1. The van der Waals surface area contributed by atoms with E-state index in [0.717, 1.165) is 19.3 Å². The Hall–Kier alpha value is -1.86. The molecule has 0 spiro atoms. The number of carbonyl (C=O) groups excluding carboxylic acids is 1. The number of furan rings is 1. The number of aryl methyl sites for hydroxylation is 1. The van der Waals surface area contributed by atoms with Gasteiger partial charge in [-0.3, -0.25) is 4.79 Å². The van der Waals surface area contributed by atoms with Gasteiger partial charge in [-0.1, -0.05) is 0 Å². The Kier molecular flexibility index (Phi) is 4.64. The summed E-state index contributed by atoms with van der Waals surface area (Å²) in [5, 5.41) is 8.80. The van der Waals surface area contributed by atoms with Gasteiger partial charge in [0.2, 0.25) is 0 Å². The van der Waals surface area contributed by atoms with Gasteiger partial charge < -0.3 is 23.9 Å². The van der Waals surface area contributed by atoms with Crippen LogP contribution in [0.15, 0.2) is 16.7 Å². The number of hydrogen-bond acceptors (Lipinski definition) is 5. The lowest BCUT2D eigenvalue weighted by molar-refractivity contribution is -0.148. The summed E-state index contributed by atoms with van der Waals surface area (Å²) in [7, 11) is 1.68. The minimum atomic E-state index is -0.980. The summed E-state index contributed by atoms with van der Waals surface area (Å²) in [5.74, 6) is -0.444. The summed E-state index contributed by atoms with van der Waals surface area (Å²) in [5.41, 5.74) is 0.201. The van der Waals surface area contributed by atoms with E-state index in [9.17, 15) is 9.59 Å². The van der Waals surface area contributed by atoms with E-state index in [1.165, 1.54) is 6.26 Å². The quantitative estimate of drug-likeness (QED) is 0.882. The summed E-state index contributed by atoms with van der Waals surface area (Å²) in [4.78, 5) is 25.5. The number of carbonyl (C=O) groups is 2. The van der Waals surface area contributed by atoms with Crippen LogP contribution >= 0.6 is 0 Å². The fourth-order valence-electron chi connectivity index (χ4n) is 4.01. The lowest BCUT2D eigenvalue weighted by atomic mass is 9.79. The van der Waals surface area contributed by atoms with Crippen molar-refractivity contribution in [3.63, 3.8) is 0 Å². The Morgan fingerprint density at radius 2 is 2.25 bits per heavy atom. The van der Waals surface area contributed by atoms with Crippen LogP contribution in [0.3, 0.4) is 0 Å². The van der Waals surface area contributed by atoms with Crippen molar-refractivity contribution in [2.45, 2.75) is 50.4 Å². The van der Waals surface area contributed by atoms with E-state index in [-0.39, 0.29) is 30.3 Å². The molecule has 0 aromatic carbocycles. The highest BCUT2D eigenvalue weighted by Gasteiger charge is 2.53. The second-order valence-corrected chi connectivity index (χ2v) is 6.52. The number of rotatable bonds is 5. The second-order valence-electron chi connectivity index (χ2n) is 6.52. The van der Waals surface area contributed by atoms with Gasteiger partial charge in [-0.05, 0) is 38.7 Å². The van der Waals surface area contributed by atoms with Crippen LogP contribution in [0, 0.1) is 6.92 Å². The van der Waals surface area contributed by atoms with E-state index in [2.05, 4.69) is 0 Å². The van der Waals surface area contributed by atoms with Crippen LogP contribution < -0.4 is 0 Å². The third kappa shape index (κ3) is 2.93. The van der Waals surface area contributed by atoms with Gasteiger partial charge in [-0.2, -0.15) is 0 Å². The molecule has 1 N–H and O–H groups in total. The summed E-state index contributed by atoms with van der Waals surface area (Å²) in [6.07, 6.45) is 4.21. The molecule has 7 nitrogen and oxygen atoms in total. The first-order valence-corrected chi connectivity index (χ1v) is 8.20. The smallest absolute Gasteiger partial charge is 0.329 e. The lowest BCUT2D eigenvalue weighted by Gasteiger charge is -2.43. The van der Waals surface area contributed by atoms with Crippen LogP contribution in [0.4, 0.5) is 0 Å². The van der Waals surface area contributed by atoms with E-state index in [0.29, 0.717) is 24.3 Å². The maximum Gasteiger partial charge on any atom is 0.329 e. The molecule has 132 valence electrons. The van der Waals surface area contributed by atoms with Crippen molar-refractivity contribution in [1.29, 1.82) is 0 Å². The molecule has 1 aliphatic heterocycles. The number of methoxy groups -OCH3 is 1. The van der Waals surface area contributed by atoms with E-state index >= 15 is 0 Å². The van der Waals surface area contributed by atoms with Crippen molar-refractivity contribution < 1.29 is 28.6 Å². The van der Waals surface area contributed by atoms with Crippen molar-refractivity contribution in [3.8, 4) is 0 Å². The van der Waals surface area contributed by atoms with Crippen LogP contribution in [-0.4, -0.2) is 59.9 Å². The van der Waals surface area contributed by atoms with Crippen molar-refractivity contribution in [2.24, 2.45) is 0 Å². The SMILES string of the molecule is CO[C@@]12CC[C@@H](OCC(=O)O)C[C@@H]1N(C(=O)c1ccoc1C)CC2. The maximum atomic E-state index is 12.9. The minimum Gasteiger partial charge on any atom is -0.480 e. The highest BCUT2D eigenvalue weighted by atomic mass is 16.5. The summed E-state index contributed by atoms with van der Waals surface area (Å²) in [6.45, 7) is 2.08. The van der Waals surface area contributed by atoms with Crippen LogP contribution in [-0.2, 0) is 14.3 Å². The molecule has 1 aromatic heterocycles. The molecule has 3 rings (SSSR count). The third-order valence-electron chi connectivity index (χ3n) is 5.33. The normalized spacial score (nSPS) is 29.5. The molecular weight excluding hydrogens is 314 g/mol. The highest BCUT2D eigenvalue weighted by molar-refractivity contribution is 5.95. The van der Waals surface area contributed by atoms with E-state index in [4.69, 9.17) is 19.0 Å². The summed E-state index contributed by atoms with van der Waals surface area (Å²) < 4.78 is 16.5. The highest BCUT2D eigenvalue weighted by Crippen LogP contribution is 2.43. The number of carboxylic acids is 1. The van der Waals surface area contributed by atoms with Gasteiger partial charge >= 0.3 is 5.97 Å². The van der Waals surface area contributed by atoms with Crippen LogP contribution in [0.1, 0.15) is 41.8 Å². The fraction of sp³-hybridized carbons (Fsp3) is 0.647. The maximum absolute atomic E-state index is 12.9. The Morgan fingerprint density at radius 1 is 1.46 bits per heavy atom. The first kappa shape index (κ1) is 17.0. The molecule has 7 heteroatoms. The van der Waals surface area contributed by atoms with Gasteiger partial charge in [0.15, 0.2) is 0 Å². The van der Waals surface area contributed by atoms with Crippen molar-refractivity contribution >= 4 is 11.9 Å². The van der Waals surface area contributed by atoms with Gasteiger partial charge in [0.05, 0.1) is 29.6 Å². The molecule has 3 atom stereocenters. The zero-order chi connectivity index (χ0) is 17.3.